The molecule has 0 saturated heterocycles. The van der Waals surface area contributed by atoms with Gasteiger partial charge in [0.25, 0.3) is 0 Å². The van der Waals surface area contributed by atoms with Crippen LogP contribution in [0.2, 0.25) is 0 Å². The normalized spacial score (nSPS) is 11.7. The van der Waals surface area contributed by atoms with Crippen LogP contribution in [-0.4, -0.2) is 20.9 Å². The molecule has 0 bridgehead atoms. The van der Waals surface area contributed by atoms with Crippen molar-refractivity contribution < 1.29 is 9.53 Å². The lowest BCUT2D eigenvalue weighted by atomic mass is 10.2. The number of esters is 1. The van der Waals surface area contributed by atoms with E-state index in [9.17, 15) is 4.79 Å². The summed E-state index contributed by atoms with van der Waals surface area (Å²) in [5.41, 5.74) is 1.20. The molecule has 0 fully saturated rings. The van der Waals surface area contributed by atoms with Gasteiger partial charge in [-0.1, -0.05) is 6.07 Å². The van der Waals surface area contributed by atoms with Gasteiger partial charge >= 0.3 is 5.97 Å². The van der Waals surface area contributed by atoms with Crippen molar-refractivity contribution in [2.24, 2.45) is 0 Å². The standard InChI is InChI=1S/C16H14N4O2S/c1-11(15-19-7-8-23-15)22-16(21)12-3-2-4-13(9-12)20-14-10-17-5-6-18-14/h2-11H,1H3,(H,18,20)/t11-/m0/s1. The van der Waals surface area contributed by atoms with Gasteiger partial charge in [-0.3, -0.25) is 4.98 Å². The smallest absolute Gasteiger partial charge is 0.338 e. The minimum absolute atomic E-state index is 0.376. The summed E-state index contributed by atoms with van der Waals surface area (Å²) in [6, 6.07) is 7.05. The molecule has 0 aliphatic heterocycles. The Balaban J connectivity index is 1.70. The van der Waals surface area contributed by atoms with Crippen LogP contribution >= 0.6 is 11.3 Å². The van der Waals surface area contributed by atoms with Crippen molar-refractivity contribution in [3.05, 3.63) is 65.0 Å². The lowest BCUT2D eigenvalue weighted by Crippen LogP contribution is -2.09. The highest BCUT2D eigenvalue weighted by molar-refractivity contribution is 7.09. The largest absolute Gasteiger partial charge is 0.452 e. The number of aromatic nitrogens is 3. The van der Waals surface area contributed by atoms with Crippen LogP contribution in [0.4, 0.5) is 11.5 Å². The molecular formula is C16H14N4O2S. The van der Waals surface area contributed by atoms with Crippen molar-refractivity contribution in [1.29, 1.82) is 0 Å². The molecule has 116 valence electrons. The second-order valence-electron chi connectivity index (χ2n) is 4.71. The number of nitrogens with zero attached hydrogens (tertiary/aromatic N) is 3. The quantitative estimate of drug-likeness (QED) is 0.722. The molecule has 2 aromatic heterocycles. The number of anilines is 2. The van der Waals surface area contributed by atoms with E-state index in [1.165, 1.54) is 11.3 Å². The molecule has 1 aromatic carbocycles. The fraction of sp³-hybridized carbons (Fsp3) is 0.125. The zero-order valence-corrected chi connectivity index (χ0v) is 13.2. The topological polar surface area (TPSA) is 77.0 Å². The third-order valence-electron chi connectivity index (χ3n) is 3.02. The van der Waals surface area contributed by atoms with Crippen LogP contribution in [0, 0.1) is 0 Å². The van der Waals surface area contributed by atoms with Crippen LogP contribution in [0.15, 0.2) is 54.4 Å². The van der Waals surface area contributed by atoms with E-state index in [1.54, 1.807) is 49.9 Å². The Morgan fingerprint density at radius 1 is 1.26 bits per heavy atom. The minimum atomic E-state index is -0.393. The molecule has 0 unspecified atom stereocenters. The summed E-state index contributed by atoms with van der Waals surface area (Å²) < 4.78 is 5.44. The zero-order chi connectivity index (χ0) is 16.1. The van der Waals surface area contributed by atoms with Gasteiger partial charge in [0.2, 0.25) is 0 Å². The van der Waals surface area contributed by atoms with Gasteiger partial charge < -0.3 is 10.1 Å². The van der Waals surface area contributed by atoms with Crippen molar-refractivity contribution >= 4 is 28.8 Å². The Morgan fingerprint density at radius 2 is 2.17 bits per heavy atom. The van der Waals surface area contributed by atoms with Crippen molar-refractivity contribution in [2.75, 3.05) is 5.32 Å². The molecule has 0 saturated carbocycles. The van der Waals surface area contributed by atoms with Crippen LogP contribution < -0.4 is 5.32 Å². The summed E-state index contributed by atoms with van der Waals surface area (Å²) in [5.74, 6) is 0.213. The second-order valence-corrected chi connectivity index (χ2v) is 5.64. The van der Waals surface area contributed by atoms with Gasteiger partial charge in [-0.15, -0.1) is 11.3 Å². The summed E-state index contributed by atoms with van der Waals surface area (Å²) in [5, 5.41) is 5.71. The van der Waals surface area contributed by atoms with E-state index in [0.29, 0.717) is 11.4 Å². The molecule has 2 heterocycles. The first-order chi connectivity index (χ1) is 11.2. The fourth-order valence-corrected chi connectivity index (χ4v) is 2.57. The van der Waals surface area contributed by atoms with Crippen molar-refractivity contribution in [3.63, 3.8) is 0 Å². The maximum absolute atomic E-state index is 12.3. The number of nitrogens with one attached hydrogen (secondary N) is 1. The number of hydrogen-bond donors (Lipinski definition) is 1. The third kappa shape index (κ3) is 3.89. The number of thiazole rings is 1. The number of ether oxygens (including phenoxy) is 1. The van der Waals surface area contributed by atoms with E-state index in [2.05, 4.69) is 20.3 Å². The number of benzene rings is 1. The highest BCUT2D eigenvalue weighted by Crippen LogP contribution is 2.22. The molecule has 23 heavy (non-hydrogen) atoms. The van der Waals surface area contributed by atoms with Crippen molar-refractivity contribution in [3.8, 4) is 0 Å². The fourth-order valence-electron chi connectivity index (χ4n) is 1.95. The zero-order valence-electron chi connectivity index (χ0n) is 12.3. The maximum atomic E-state index is 12.3. The Kier molecular flexibility index (Phi) is 4.58. The summed E-state index contributed by atoms with van der Waals surface area (Å²) in [7, 11) is 0. The average molecular weight is 326 g/mol. The second kappa shape index (κ2) is 6.97. The van der Waals surface area contributed by atoms with Gasteiger partial charge in [-0.2, -0.15) is 0 Å². The number of hydrogen-bond acceptors (Lipinski definition) is 7. The molecule has 0 amide bonds. The Morgan fingerprint density at radius 3 is 2.91 bits per heavy atom. The predicted molar refractivity (Wildman–Crippen MR) is 87.7 cm³/mol. The summed E-state index contributed by atoms with van der Waals surface area (Å²) in [4.78, 5) is 24.5. The van der Waals surface area contributed by atoms with Crippen molar-refractivity contribution in [1.82, 2.24) is 15.0 Å². The molecule has 3 rings (SSSR count). The summed E-state index contributed by atoms with van der Waals surface area (Å²) >= 11 is 1.46. The first-order valence-corrected chi connectivity index (χ1v) is 7.84. The number of carbonyl (C=O) groups excluding carboxylic acids is 1. The molecule has 7 heteroatoms. The van der Waals surface area contributed by atoms with Crippen molar-refractivity contribution in [2.45, 2.75) is 13.0 Å². The molecular weight excluding hydrogens is 312 g/mol. The van der Waals surface area contributed by atoms with Crippen LogP contribution in [-0.2, 0) is 4.74 Å². The van der Waals surface area contributed by atoms with Gasteiger partial charge in [-0.25, -0.2) is 14.8 Å². The molecule has 0 aliphatic rings. The molecule has 6 nitrogen and oxygen atoms in total. The highest BCUT2D eigenvalue weighted by atomic mass is 32.1. The Hall–Kier alpha value is -2.80. The average Bonchev–Trinajstić information content (AvgIpc) is 3.10. The first kappa shape index (κ1) is 15.1. The van der Waals surface area contributed by atoms with Gasteiger partial charge in [0.1, 0.15) is 10.8 Å². The highest BCUT2D eigenvalue weighted by Gasteiger charge is 2.15. The predicted octanol–water partition coefficient (Wildman–Crippen LogP) is 3.59. The van der Waals surface area contributed by atoms with Crippen LogP contribution in [0.5, 0.6) is 0 Å². The first-order valence-electron chi connectivity index (χ1n) is 6.96. The van der Waals surface area contributed by atoms with Gasteiger partial charge in [0, 0.05) is 29.7 Å². The Bertz CT molecular complexity index is 778. The molecule has 0 aliphatic carbocycles. The number of rotatable bonds is 5. The SMILES string of the molecule is C[C@H](OC(=O)c1cccc(Nc2cnccn2)c1)c1nccs1. The van der Waals surface area contributed by atoms with E-state index in [0.717, 1.165) is 10.7 Å². The minimum Gasteiger partial charge on any atom is -0.452 e. The summed E-state index contributed by atoms with van der Waals surface area (Å²) in [6.07, 6.45) is 6.11. The van der Waals surface area contributed by atoms with E-state index in [4.69, 9.17) is 4.74 Å². The molecule has 0 spiro atoms. The third-order valence-corrected chi connectivity index (χ3v) is 3.95. The van der Waals surface area contributed by atoms with E-state index < -0.39 is 5.97 Å². The van der Waals surface area contributed by atoms with Gasteiger partial charge in [-0.05, 0) is 25.1 Å². The van der Waals surface area contributed by atoms with E-state index in [1.807, 2.05) is 11.4 Å². The van der Waals surface area contributed by atoms with Gasteiger partial charge in [0.15, 0.2) is 6.10 Å². The van der Waals surface area contributed by atoms with E-state index in [-0.39, 0.29) is 6.10 Å². The Labute approximate surface area is 137 Å². The van der Waals surface area contributed by atoms with Crippen LogP contribution in [0.25, 0.3) is 0 Å². The lowest BCUT2D eigenvalue weighted by Gasteiger charge is -2.11. The van der Waals surface area contributed by atoms with E-state index >= 15 is 0 Å². The molecule has 0 radical (unpaired) electrons. The maximum Gasteiger partial charge on any atom is 0.338 e. The monoisotopic (exact) mass is 326 g/mol. The lowest BCUT2D eigenvalue weighted by molar-refractivity contribution is 0.0337. The summed E-state index contributed by atoms with van der Waals surface area (Å²) in [6.45, 7) is 1.80. The molecule has 1 atom stereocenters. The van der Waals surface area contributed by atoms with Crippen LogP contribution in [0.3, 0.4) is 0 Å². The number of carbonyl (C=O) groups is 1. The van der Waals surface area contributed by atoms with Gasteiger partial charge in [0.05, 0.1) is 11.8 Å². The molecule has 3 aromatic rings. The molecule has 1 N–H and O–H groups in total. The van der Waals surface area contributed by atoms with Crippen LogP contribution in [0.1, 0.15) is 28.4 Å².